The van der Waals surface area contributed by atoms with E-state index >= 15 is 0 Å². The maximum absolute atomic E-state index is 5.16. The van der Waals surface area contributed by atoms with Crippen molar-refractivity contribution in [2.45, 2.75) is 13.0 Å². The summed E-state index contributed by atoms with van der Waals surface area (Å²) in [5.74, 6) is 0. The van der Waals surface area contributed by atoms with Gasteiger partial charge in [-0.2, -0.15) is 0 Å². The lowest BCUT2D eigenvalue weighted by Crippen LogP contribution is -2.17. The summed E-state index contributed by atoms with van der Waals surface area (Å²) in [4.78, 5) is 0. The third kappa shape index (κ3) is 2.18. The van der Waals surface area contributed by atoms with Crippen molar-refractivity contribution in [1.29, 1.82) is 0 Å². The summed E-state index contributed by atoms with van der Waals surface area (Å²) in [5, 5.41) is 0. The Morgan fingerprint density at radius 2 is 2.33 bits per heavy atom. The molecule has 0 aliphatic rings. The maximum atomic E-state index is 5.16. The Hall–Kier alpha value is -0.0800. The molecule has 0 aliphatic carbocycles. The van der Waals surface area contributed by atoms with Crippen molar-refractivity contribution in [2.75, 3.05) is 13.7 Å². The molecule has 0 aliphatic heterocycles. The molecule has 2 N–H and O–H groups in total. The second-order valence-electron chi connectivity index (χ2n) is 1.28. The van der Waals surface area contributed by atoms with Crippen molar-refractivity contribution < 1.29 is 4.74 Å². The first-order chi connectivity index (χ1) is 2.81. The van der Waals surface area contributed by atoms with E-state index in [1.165, 1.54) is 0 Å². The van der Waals surface area contributed by atoms with Crippen LogP contribution in [0.4, 0.5) is 0 Å². The molecule has 0 unspecified atom stereocenters. The number of ether oxygens (including phenoxy) is 1. The molecule has 0 bridgehead atoms. The molecule has 0 aromatic rings. The first kappa shape index (κ1) is 5.92. The molecule has 0 radical (unpaired) electrons. The van der Waals surface area contributed by atoms with Crippen molar-refractivity contribution in [2.24, 2.45) is 5.73 Å². The lowest BCUT2D eigenvalue weighted by Gasteiger charge is -2.01. The highest BCUT2D eigenvalue weighted by atomic mass is 16.5. The van der Waals surface area contributed by atoms with Crippen LogP contribution >= 0.6 is 0 Å². The number of hydrogen-bond acceptors (Lipinski definition) is 2. The maximum Gasteiger partial charge on any atom is 0.0665 e. The van der Waals surface area contributed by atoms with Gasteiger partial charge in [0.25, 0.3) is 0 Å². The van der Waals surface area contributed by atoms with Crippen LogP contribution in [0.1, 0.15) is 6.92 Å². The molecule has 0 saturated heterocycles. The number of rotatable bonds is 2. The molecule has 38 valence electrons. The highest BCUT2D eigenvalue weighted by molar-refractivity contribution is 4.43. The van der Waals surface area contributed by atoms with Crippen molar-refractivity contribution in [3.8, 4) is 0 Å². The minimum Gasteiger partial charge on any atom is -0.380 e. The largest absolute Gasteiger partial charge is 0.380 e. The zero-order valence-electron chi connectivity index (χ0n) is 4.27. The van der Waals surface area contributed by atoms with E-state index in [-0.39, 0.29) is 6.10 Å². The first-order valence-electron chi connectivity index (χ1n) is 2.04. The standard InChI is InChI=1S/C4H11NO/c1-4(3-5)6-2/h4H,3,5H2,1-2H3/t4-/m1/s1. The molecule has 0 amide bonds. The summed E-state index contributed by atoms with van der Waals surface area (Å²) in [6.07, 6.45) is 0.213. The zero-order valence-corrected chi connectivity index (χ0v) is 4.27. The van der Waals surface area contributed by atoms with Crippen LogP contribution < -0.4 is 5.73 Å². The monoisotopic (exact) mass is 89.1 g/mol. The van der Waals surface area contributed by atoms with Crippen LogP contribution in [0.25, 0.3) is 0 Å². The van der Waals surface area contributed by atoms with E-state index in [4.69, 9.17) is 10.5 Å². The summed E-state index contributed by atoms with van der Waals surface area (Å²) < 4.78 is 4.77. The van der Waals surface area contributed by atoms with Gasteiger partial charge < -0.3 is 10.5 Å². The van der Waals surface area contributed by atoms with Gasteiger partial charge in [0.1, 0.15) is 0 Å². The SMILES string of the molecule is CO[C@H](C)CN. The van der Waals surface area contributed by atoms with Crippen LogP contribution in [0, 0.1) is 0 Å². The predicted octanol–water partition coefficient (Wildman–Crippen LogP) is -0.0200. The topological polar surface area (TPSA) is 35.2 Å². The van der Waals surface area contributed by atoms with Crippen molar-refractivity contribution >= 4 is 0 Å². The van der Waals surface area contributed by atoms with E-state index in [2.05, 4.69) is 0 Å². The van der Waals surface area contributed by atoms with E-state index in [1.54, 1.807) is 7.11 Å². The zero-order chi connectivity index (χ0) is 4.99. The van der Waals surface area contributed by atoms with Gasteiger partial charge in [-0.25, -0.2) is 0 Å². The second-order valence-corrected chi connectivity index (χ2v) is 1.28. The van der Waals surface area contributed by atoms with Gasteiger partial charge in [-0.15, -0.1) is 0 Å². The van der Waals surface area contributed by atoms with Crippen LogP contribution in [-0.2, 0) is 4.74 Å². The predicted molar refractivity (Wildman–Crippen MR) is 25.5 cm³/mol. The van der Waals surface area contributed by atoms with Crippen molar-refractivity contribution in [3.05, 3.63) is 0 Å². The molecule has 0 heterocycles. The summed E-state index contributed by atoms with van der Waals surface area (Å²) >= 11 is 0. The van der Waals surface area contributed by atoms with Gasteiger partial charge in [0, 0.05) is 13.7 Å². The molecule has 6 heavy (non-hydrogen) atoms. The van der Waals surface area contributed by atoms with Crippen LogP contribution in [0.5, 0.6) is 0 Å². The summed E-state index contributed by atoms with van der Waals surface area (Å²) in [6, 6.07) is 0. The van der Waals surface area contributed by atoms with E-state index < -0.39 is 0 Å². The Balaban J connectivity index is 2.75. The van der Waals surface area contributed by atoms with Crippen molar-refractivity contribution in [1.82, 2.24) is 0 Å². The average Bonchev–Trinajstić information content (AvgIpc) is 1.65. The summed E-state index contributed by atoms with van der Waals surface area (Å²) in [6.45, 7) is 2.54. The molecule has 1 atom stereocenters. The minimum absolute atomic E-state index is 0.213. The van der Waals surface area contributed by atoms with Gasteiger partial charge in [-0.1, -0.05) is 0 Å². The van der Waals surface area contributed by atoms with Gasteiger partial charge >= 0.3 is 0 Å². The average molecular weight is 89.1 g/mol. The van der Waals surface area contributed by atoms with Gasteiger partial charge in [-0.05, 0) is 6.92 Å². The fraction of sp³-hybridized carbons (Fsp3) is 1.00. The molecule has 0 aromatic heterocycles. The van der Waals surface area contributed by atoms with Crippen LogP contribution in [0.2, 0.25) is 0 Å². The summed E-state index contributed by atoms with van der Waals surface area (Å²) in [5.41, 5.74) is 5.16. The molecule has 0 saturated carbocycles. The van der Waals surface area contributed by atoms with E-state index in [0.717, 1.165) is 0 Å². The minimum atomic E-state index is 0.213. The number of hydrogen-bond donors (Lipinski definition) is 1. The lowest BCUT2D eigenvalue weighted by molar-refractivity contribution is 0.125. The quantitative estimate of drug-likeness (QED) is 0.516. The number of nitrogens with two attached hydrogens (primary N) is 1. The van der Waals surface area contributed by atoms with Crippen LogP contribution in [-0.4, -0.2) is 19.8 Å². The normalized spacial score (nSPS) is 14.5. The van der Waals surface area contributed by atoms with Crippen molar-refractivity contribution in [3.63, 3.8) is 0 Å². The third-order valence-electron chi connectivity index (χ3n) is 0.734. The van der Waals surface area contributed by atoms with Gasteiger partial charge in [0.2, 0.25) is 0 Å². The van der Waals surface area contributed by atoms with Gasteiger partial charge in [0.05, 0.1) is 6.10 Å². The fourth-order valence-electron chi connectivity index (χ4n) is 0.0962. The molecular formula is C4H11NO. The van der Waals surface area contributed by atoms with E-state index in [9.17, 15) is 0 Å². The third-order valence-corrected chi connectivity index (χ3v) is 0.734. The Morgan fingerprint density at radius 1 is 1.83 bits per heavy atom. The Kier molecular flexibility index (Phi) is 3.08. The summed E-state index contributed by atoms with van der Waals surface area (Å²) in [7, 11) is 1.65. The first-order valence-corrected chi connectivity index (χ1v) is 2.04. The number of methoxy groups -OCH3 is 1. The molecule has 0 spiro atoms. The lowest BCUT2D eigenvalue weighted by atomic mass is 10.4. The van der Waals surface area contributed by atoms with E-state index in [1.807, 2.05) is 6.92 Å². The molecule has 2 heteroatoms. The molecule has 0 aromatic carbocycles. The Bertz CT molecular complexity index is 26.7. The van der Waals surface area contributed by atoms with E-state index in [0.29, 0.717) is 6.54 Å². The highest BCUT2D eigenvalue weighted by Gasteiger charge is 1.88. The Labute approximate surface area is 38.3 Å². The fourth-order valence-corrected chi connectivity index (χ4v) is 0.0962. The molecule has 2 nitrogen and oxygen atoms in total. The van der Waals surface area contributed by atoms with Crippen LogP contribution in [0.3, 0.4) is 0 Å². The van der Waals surface area contributed by atoms with Gasteiger partial charge in [-0.3, -0.25) is 0 Å². The Morgan fingerprint density at radius 3 is 2.33 bits per heavy atom. The van der Waals surface area contributed by atoms with Gasteiger partial charge in [0.15, 0.2) is 0 Å². The molecular weight excluding hydrogens is 78.0 g/mol. The highest BCUT2D eigenvalue weighted by Crippen LogP contribution is 1.78. The second kappa shape index (κ2) is 3.12. The van der Waals surface area contributed by atoms with Crippen LogP contribution in [0.15, 0.2) is 0 Å². The molecule has 0 rings (SSSR count). The smallest absolute Gasteiger partial charge is 0.0665 e. The molecule has 0 fully saturated rings.